The van der Waals surface area contributed by atoms with Gasteiger partial charge in [-0.05, 0) is 12.8 Å². The first kappa shape index (κ1) is 15.0. The van der Waals surface area contributed by atoms with E-state index in [1.807, 2.05) is 0 Å². The van der Waals surface area contributed by atoms with E-state index in [0.717, 1.165) is 50.5 Å². The molecule has 1 atom stereocenters. The molecule has 1 unspecified atom stereocenters. The summed E-state index contributed by atoms with van der Waals surface area (Å²) in [6.45, 7) is -0.300. The van der Waals surface area contributed by atoms with Gasteiger partial charge in [0.05, 0.1) is 19.1 Å². The second-order valence-corrected chi connectivity index (χ2v) is 5.72. The van der Waals surface area contributed by atoms with Crippen LogP contribution in [0.25, 0.3) is 0 Å². The summed E-state index contributed by atoms with van der Waals surface area (Å²) in [6.07, 6.45) is 4.28. The Bertz CT molecular complexity index is 412. The molecule has 6 heteroatoms. The number of nitrogens with zero attached hydrogens (tertiary/aromatic N) is 1. The smallest absolute Gasteiger partial charge is 0.336 e. The van der Waals surface area contributed by atoms with E-state index in [-0.39, 0.29) is 24.8 Å². The van der Waals surface area contributed by atoms with Crippen LogP contribution in [0.1, 0.15) is 44.9 Å². The first-order valence-corrected chi connectivity index (χ1v) is 7.11. The molecular formula is C14H21NO5. The molecular weight excluding hydrogens is 262 g/mol. The summed E-state index contributed by atoms with van der Waals surface area (Å²) in [7, 11) is 1.16. The second-order valence-electron chi connectivity index (χ2n) is 5.72. The standard InChI is InChI=1S/C14H21NO5/c1-20-12(18)10(16)9-15-11(17)8-14(13(15)19)6-4-2-3-5-7-14/h10,16H,2-9H2,1H3. The maximum atomic E-state index is 12.5. The van der Waals surface area contributed by atoms with Crippen molar-refractivity contribution in [3.63, 3.8) is 0 Å². The van der Waals surface area contributed by atoms with Gasteiger partial charge in [-0.15, -0.1) is 0 Å². The van der Waals surface area contributed by atoms with Crippen LogP contribution in [0.4, 0.5) is 0 Å². The van der Waals surface area contributed by atoms with E-state index in [4.69, 9.17) is 0 Å². The maximum absolute atomic E-state index is 12.5. The number of aliphatic hydroxyl groups is 1. The molecule has 1 saturated carbocycles. The monoisotopic (exact) mass is 283 g/mol. The minimum atomic E-state index is -1.46. The summed E-state index contributed by atoms with van der Waals surface area (Å²) in [5.74, 6) is -1.35. The van der Waals surface area contributed by atoms with Gasteiger partial charge in [0.25, 0.3) is 0 Å². The summed E-state index contributed by atoms with van der Waals surface area (Å²) in [6, 6.07) is 0. The van der Waals surface area contributed by atoms with Crippen LogP contribution in [0, 0.1) is 5.41 Å². The number of amides is 2. The van der Waals surface area contributed by atoms with Gasteiger partial charge in [-0.3, -0.25) is 14.5 Å². The lowest BCUT2D eigenvalue weighted by Gasteiger charge is -2.25. The van der Waals surface area contributed by atoms with Crippen molar-refractivity contribution in [1.82, 2.24) is 4.90 Å². The van der Waals surface area contributed by atoms with Crippen LogP contribution in [-0.2, 0) is 19.1 Å². The van der Waals surface area contributed by atoms with Crippen LogP contribution < -0.4 is 0 Å². The lowest BCUT2D eigenvalue weighted by Crippen LogP contribution is -2.42. The number of methoxy groups -OCH3 is 1. The molecule has 112 valence electrons. The van der Waals surface area contributed by atoms with Crippen molar-refractivity contribution in [2.45, 2.75) is 51.0 Å². The highest BCUT2D eigenvalue weighted by atomic mass is 16.5. The predicted molar refractivity (Wildman–Crippen MR) is 69.5 cm³/mol. The molecule has 2 amide bonds. The topological polar surface area (TPSA) is 83.9 Å². The number of aliphatic hydroxyl groups excluding tert-OH is 1. The molecule has 0 aromatic heterocycles. The minimum absolute atomic E-state index is 0.208. The third kappa shape index (κ3) is 2.70. The third-order valence-electron chi connectivity index (χ3n) is 4.38. The number of carbonyl (C=O) groups excluding carboxylic acids is 3. The van der Waals surface area contributed by atoms with Crippen molar-refractivity contribution < 1.29 is 24.2 Å². The quantitative estimate of drug-likeness (QED) is 0.606. The summed E-state index contributed by atoms with van der Waals surface area (Å²) < 4.78 is 4.41. The van der Waals surface area contributed by atoms with Crippen molar-refractivity contribution in [1.29, 1.82) is 0 Å². The van der Waals surface area contributed by atoms with Crippen molar-refractivity contribution in [3.8, 4) is 0 Å². The molecule has 0 radical (unpaired) electrons. The second kappa shape index (κ2) is 5.91. The van der Waals surface area contributed by atoms with Crippen LogP contribution in [0.5, 0.6) is 0 Å². The van der Waals surface area contributed by atoms with Crippen LogP contribution in [-0.4, -0.2) is 47.5 Å². The van der Waals surface area contributed by atoms with E-state index >= 15 is 0 Å². The zero-order chi connectivity index (χ0) is 14.8. The van der Waals surface area contributed by atoms with Crippen molar-refractivity contribution in [2.75, 3.05) is 13.7 Å². The molecule has 1 N–H and O–H groups in total. The zero-order valence-corrected chi connectivity index (χ0v) is 11.8. The lowest BCUT2D eigenvalue weighted by atomic mass is 9.79. The average Bonchev–Trinajstić information content (AvgIpc) is 2.63. The maximum Gasteiger partial charge on any atom is 0.336 e. The van der Waals surface area contributed by atoms with Gasteiger partial charge in [0, 0.05) is 6.42 Å². The van der Waals surface area contributed by atoms with E-state index in [9.17, 15) is 19.5 Å². The van der Waals surface area contributed by atoms with Gasteiger partial charge in [-0.1, -0.05) is 25.7 Å². The molecule has 2 rings (SSSR count). The van der Waals surface area contributed by atoms with Crippen molar-refractivity contribution in [3.05, 3.63) is 0 Å². The number of hydrogen-bond acceptors (Lipinski definition) is 5. The molecule has 1 heterocycles. The fourth-order valence-corrected chi connectivity index (χ4v) is 3.22. The van der Waals surface area contributed by atoms with Gasteiger partial charge < -0.3 is 9.84 Å². The largest absolute Gasteiger partial charge is 0.467 e. The Balaban J connectivity index is 2.10. The van der Waals surface area contributed by atoms with Gasteiger partial charge in [0.2, 0.25) is 11.8 Å². The highest BCUT2D eigenvalue weighted by Gasteiger charge is 2.51. The minimum Gasteiger partial charge on any atom is -0.467 e. The summed E-state index contributed by atoms with van der Waals surface area (Å²) in [5.41, 5.74) is -0.594. The molecule has 2 aliphatic rings. The average molecular weight is 283 g/mol. The lowest BCUT2D eigenvalue weighted by molar-refractivity contribution is -0.154. The molecule has 2 fully saturated rings. The Morgan fingerprint density at radius 3 is 2.45 bits per heavy atom. The van der Waals surface area contributed by atoms with E-state index in [1.165, 1.54) is 0 Å². The van der Waals surface area contributed by atoms with E-state index in [1.54, 1.807) is 0 Å². The molecule has 20 heavy (non-hydrogen) atoms. The van der Waals surface area contributed by atoms with E-state index < -0.39 is 17.5 Å². The van der Waals surface area contributed by atoms with Gasteiger partial charge in [0.1, 0.15) is 0 Å². The number of imide groups is 1. The summed E-state index contributed by atoms with van der Waals surface area (Å²) >= 11 is 0. The molecule has 1 spiro atoms. The van der Waals surface area contributed by atoms with Crippen molar-refractivity contribution >= 4 is 17.8 Å². The SMILES string of the molecule is COC(=O)C(O)CN1C(=O)CC2(CCCCCC2)C1=O. The van der Waals surface area contributed by atoms with Gasteiger partial charge in [-0.25, -0.2) is 4.79 Å². The van der Waals surface area contributed by atoms with Crippen LogP contribution >= 0.6 is 0 Å². The Morgan fingerprint density at radius 1 is 1.30 bits per heavy atom. The number of β-amino-alcohol motifs (C(OH)–C–C–N with tert-alkyl or cyclic N) is 1. The third-order valence-corrected chi connectivity index (χ3v) is 4.38. The molecule has 1 aliphatic carbocycles. The summed E-state index contributed by atoms with van der Waals surface area (Å²) in [5, 5.41) is 9.64. The number of ether oxygens (including phenoxy) is 1. The van der Waals surface area contributed by atoms with Gasteiger partial charge >= 0.3 is 5.97 Å². The highest BCUT2D eigenvalue weighted by Crippen LogP contribution is 2.44. The molecule has 6 nitrogen and oxygen atoms in total. The fraction of sp³-hybridized carbons (Fsp3) is 0.786. The first-order valence-electron chi connectivity index (χ1n) is 7.11. The Labute approximate surface area is 118 Å². The van der Waals surface area contributed by atoms with Crippen LogP contribution in [0.2, 0.25) is 0 Å². The van der Waals surface area contributed by atoms with E-state index in [2.05, 4.69) is 4.74 Å². The number of esters is 1. The first-order chi connectivity index (χ1) is 9.50. The highest BCUT2D eigenvalue weighted by molar-refractivity contribution is 6.06. The van der Waals surface area contributed by atoms with Gasteiger partial charge in [-0.2, -0.15) is 0 Å². The molecule has 0 aromatic carbocycles. The van der Waals surface area contributed by atoms with Crippen LogP contribution in [0.3, 0.4) is 0 Å². The zero-order valence-electron chi connectivity index (χ0n) is 11.8. The number of hydrogen-bond donors (Lipinski definition) is 1. The predicted octanol–water partition coefficient (Wildman–Crippen LogP) is 0.620. The number of carbonyl (C=O) groups is 3. The van der Waals surface area contributed by atoms with E-state index in [0.29, 0.717) is 0 Å². The normalized spacial score (nSPS) is 23.8. The Kier molecular flexibility index (Phi) is 4.42. The number of rotatable bonds is 3. The Morgan fingerprint density at radius 2 is 1.90 bits per heavy atom. The number of likely N-dealkylation sites (tertiary alicyclic amines) is 1. The van der Waals surface area contributed by atoms with Crippen molar-refractivity contribution in [2.24, 2.45) is 5.41 Å². The fourth-order valence-electron chi connectivity index (χ4n) is 3.22. The van der Waals surface area contributed by atoms with Gasteiger partial charge in [0.15, 0.2) is 6.10 Å². The van der Waals surface area contributed by atoms with Crippen LogP contribution in [0.15, 0.2) is 0 Å². The molecule has 0 bridgehead atoms. The Hall–Kier alpha value is -1.43. The summed E-state index contributed by atoms with van der Waals surface area (Å²) in [4.78, 5) is 36.8. The molecule has 0 aromatic rings. The molecule has 1 aliphatic heterocycles. The molecule has 1 saturated heterocycles.